The Hall–Kier alpha value is -3.06. The summed E-state index contributed by atoms with van der Waals surface area (Å²) in [5, 5.41) is 18.9. The number of hydrogen-bond donors (Lipinski definition) is 1. The van der Waals surface area contributed by atoms with Crippen molar-refractivity contribution in [2.75, 3.05) is 13.1 Å². The molecule has 0 fully saturated rings. The number of rotatable bonds is 10. The maximum atomic E-state index is 15.0. The predicted molar refractivity (Wildman–Crippen MR) is 125 cm³/mol. The zero-order valence-corrected chi connectivity index (χ0v) is 19.6. The summed E-state index contributed by atoms with van der Waals surface area (Å²) in [5.41, 5.74) is 3.76. The maximum absolute atomic E-state index is 15.0. The van der Waals surface area contributed by atoms with Gasteiger partial charge < -0.3 is 0 Å². The van der Waals surface area contributed by atoms with E-state index in [-0.39, 0.29) is 17.1 Å². The van der Waals surface area contributed by atoms with Crippen LogP contribution in [0.25, 0.3) is 5.69 Å². The molecule has 7 nitrogen and oxygen atoms in total. The van der Waals surface area contributed by atoms with Gasteiger partial charge in [-0.05, 0) is 49.7 Å². The maximum Gasteiger partial charge on any atom is 0.238 e. The Balaban J connectivity index is 2.02. The van der Waals surface area contributed by atoms with Crippen molar-refractivity contribution >= 4 is 10.0 Å². The minimum absolute atomic E-state index is 0.136. The molecule has 0 aliphatic heterocycles. The van der Waals surface area contributed by atoms with E-state index in [0.717, 1.165) is 42.3 Å². The van der Waals surface area contributed by atoms with Crippen LogP contribution in [-0.4, -0.2) is 36.2 Å². The first-order valence-corrected chi connectivity index (χ1v) is 12.3. The van der Waals surface area contributed by atoms with Crippen LogP contribution in [0.1, 0.15) is 42.3 Å². The van der Waals surface area contributed by atoms with Crippen LogP contribution in [0.2, 0.25) is 0 Å². The Morgan fingerprint density at radius 2 is 2.00 bits per heavy atom. The van der Waals surface area contributed by atoms with Crippen LogP contribution in [0, 0.1) is 24.1 Å². The first-order valence-electron chi connectivity index (χ1n) is 10.8. The van der Waals surface area contributed by atoms with Gasteiger partial charge in [0.1, 0.15) is 11.5 Å². The lowest BCUT2D eigenvalue weighted by atomic mass is 10.1. The highest BCUT2D eigenvalue weighted by Crippen LogP contribution is 2.22. The van der Waals surface area contributed by atoms with Crippen LogP contribution in [0.15, 0.2) is 53.4 Å². The molecule has 2 aromatic carbocycles. The van der Waals surface area contributed by atoms with Gasteiger partial charge in [0, 0.05) is 18.7 Å². The second-order valence-electron chi connectivity index (χ2n) is 8.09. The Bertz CT molecular complexity index is 1260. The number of benzene rings is 2. The lowest BCUT2D eigenvalue weighted by Gasteiger charge is -2.17. The summed E-state index contributed by atoms with van der Waals surface area (Å²) in [7, 11) is -4.02. The van der Waals surface area contributed by atoms with E-state index in [1.165, 1.54) is 16.8 Å². The van der Waals surface area contributed by atoms with Gasteiger partial charge in [0.05, 0.1) is 23.2 Å². The zero-order valence-electron chi connectivity index (χ0n) is 18.8. The molecular formula is C24H28FN5O2S. The monoisotopic (exact) mass is 469 g/mol. The number of aromatic nitrogens is 2. The topological polar surface area (TPSA) is 105 Å². The molecular weight excluding hydrogens is 441 g/mol. The molecule has 3 rings (SSSR count). The van der Waals surface area contributed by atoms with Crippen molar-refractivity contribution in [2.45, 2.75) is 44.6 Å². The molecule has 2 N–H and O–H groups in total. The third kappa shape index (κ3) is 6.48. The van der Waals surface area contributed by atoms with Gasteiger partial charge in [-0.1, -0.05) is 43.2 Å². The molecule has 0 unspecified atom stereocenters. The van der Waals surface area contributed by atoms with Crippen LogP contribution >= 0.6 is 0 Å². The number of sulfonamides is 1. The number of halogens is 1. The number of nitriles is 1. The van der Waals surface area contributed by atoms with Gasteiger partial charge >= 0.3 is 0 Å². The van der Waals surface area contributed by atoms with Crippen LogP contribution in [0.3, 0.4) is 0 Å². The van der Waals surface area contributed by atoms with E-state index in [1.54, 1.807) is 0 Å². The van der Waals surface area contributed by atoms with Crippen LogP contribution < -0.4 is 5.14 Å². The number of unbranched alkanes of at least 4 members (excludes halogenated alkanes) is 1. The molecule has 174 valence electrons. The van der Waals surface area contributed by atoms with Crippen molar-refractivity contribution in [3.8, 4) is 11.8 Å². The second-order valence-corrected chi connectivity index (χ2v) is 9.65. The molecule has 0 aliphatic rings. The number of nitrogens with two attached hydrogens (primary N) is 1. The van der Waals surface area contributed by atoms with Gasteiger partial charge in [0.15, 0.2) is 0 Å². The minimum Gasteiger partial charge on any atom is -0.285 e. The van der Waals surface area contributed by atoms with Crippen LogP contribution in [0.5, 0.6) is 0 Å². The quantitative estimate of drug-likeness (QED) is 0.456. The molecule has 0 saturated carbocycles. The average Bonchev–Trinajstić information content (AvgIpc) is 3.13. The third-order valence-corrected chi connectivity index (χ3v) is 6.20. The summed E-state index contributed by atoms with van der Waals surface area (Å²) in [6, 6.07) is 15.7. The van der Waals surface area contributed by atoms with Crippen molar-refractivity contribution < 1.29 is 12.8 Å². The van der Waals surface area contributed by atoms with Crippen molar-refractivity contribution in [1.82, 2.24) is 14.7 Å². The fourth-order valence-electron chi connectivity index (χ4n) is 3.68. The number of primary sulfonamides is 1. The van der Waals surface area contributed by atoms with Gasteiger partial charge in [0.25, 0.3) is 0 Å². The highest BCUT2D eigenvalue weighted by atomic mass is 32.2. The van der Waals surface area contributed by atoms with Gasteiger partial charge in [-0.2, -0.15) is 10.4 Å². The summed E-state index contributed by atoms with van der Waals surface area (Å²) in [5.74, 6) is -0.735. The van der Waals surface area contributed by atoms with E-state index in [4.69, 9.17) is 5.14 Å². The van der Waals surface area contributed by atoms with E-state index in [9.17, 15) is 18.1 Å². The summed E-state index contributed by atoms with van der Waals surface area (Å²) < 4.78 is 39.7. The number of nitrogens with zero attached hydrogens (tertiary/aromatic N) is 4. The molecule has 33 heavy (non-hydrogen) atoms. The molecule has 0 aliphatic carbocycles. The molecule has 0 radical (unpaired) electrons. The van der Waals surface area contributed by atoms with Crippen LogP contribution in [0.4, 0.5) is 4.39 Å². The fraction of sp³-hybridized carbons (Fsp3) is 0.333. The van der Waals surface area contributed by atoms with Gasteiger partial charge in [-0.3, -0.25) is 4.90 Å². The molecule has 1 aromatic heterocycles. The SMILES string of the molecule is CCCCN(CC#N)Cc1cc(Cc2cccc(C)c2)n(-c2ccc(S(N)(=O)=O)cc2F)n1. The van der Waals surface area contributed by atoms with Crippen molar-refractivity contribution in [2.24, 2.45) is 5.14 Å². The highest BCUT2D eigenvalue weighted by molar-refractivity contribution is 7.89. The predicted octanol–water partition coefficient (Wildman–Crippen LogP) is 3.68. The molecule has 0 spiro atoms. The summed E-state index contributed by atoms with van der Waals surface area (Å²) in [6.45, 7) is 5.59. The van der Waals surface area contributed by atoms with E-state index >= 15 is 0 Å². The second kappa shape index (κ2) is 10.7. The first-order chi connectivity index (χ1) is 15.7. The molecule has 0 saturated heterocycles. The first kappa shape index (κ1) is 24.6. The van der Waals surface area contributed by atoms with Gasteiger partial charge in [-0.25, -0.2) is 22.6 Å². The molecule has 9 heteroatoms. The van der Waals surface area contributed by atoms with Gasteiger partial charge in [-0.15, -0.1) is 0 Å². The Labute approximate surface area is 194 Å². The lowest BCUT2D eigenvalue weighted by Crippen LogP contribution is -2.25. The van der Waals surface area contributed by atoms with E-state index in [1.807, 2.05) is 36.1 Å². The Kier molecular flexibility index (Phi) is 7.97. The third-order valence-electron chi connectivity index (χ3n) is 5.29. The lowest BCUT2D eigenvalue weighted by molar-refractivity contribution is 0.288. The molecule has 0 amide bonds. The van der Waals surface area contributed by atoms with E-state index < -0.39 is 15.8 Å². The van der Waals surface area contributed by atoms with Crippen molar-refractivity contribution in [3.05, 3.63) is 76.9 Å². The van der Waals surface area contributed by atoms with Gasteiger partial charge in [0.2, 0.25) is 10.0 Å². The number of aryl methyl sites for hydroxylation is 1. The van der Waals surface area contributed by atoms with E-state index in [2.05, 4.69) is 24.2 Å². The number of hydrogen-bond acceptors (Lipinski definition) is 5. The molecule has 0 bridgehead atoms. The zero-order chi connectivity index (χ0) is 24.0. The van der Waals surface area contributed by atoms with Crippen molar-refractivity contribution in [3.63, 3.8) is 0 Å². The standard InChI is InChI=1S/C24H28FN5O2S/c1-3-4-11-29(12-10-26)17-20-15-21(14-19-7-5-6-18(2)13-19)30(28-20)24-9-8-22(16-23(24)25)33(27,31)32/h5-9,13,15-16H,3-4,11-12,14,17H2,1-2H3,(H2,27,31,32). The Morgan fingerprint density at radius 3 is 2.64 bits per heavy atom. The Morgan fingerprint density at radius 1 is 1.21 bits per heavy atom. The van der Waals surface area contributed by atoms with Crippen molar-refractivity contribution in [1.29, 1.82) is 5.26 Å². The highest BCUT2D eigenvalue weighted by Gasteiger charge is 2.18. The minimum atomic E-state index is -4.02. The smallest absolute Gasteiger partial charge is 0.238 e. The normalized spacial score (nSPS) is 11.6. The van der Waals surface area contributed by atoms with E-state index in [0.29, 0.717) is 18.7 Å². The largest absolute Gasteiger partial charge is 0.285 e. The fourth-order valence-corrected chi connectivity index (χ4v) is 4.20. The summed E-state index contributed by atoms with van der Waals surface area (Å²) in [6.07, 6.45) is 2.48. The average molecular weight is 470 g/mol. The molecule has 1 heterocycles. The van der Waals surface area contributed by atoms with Crippen LogP contribution in [-0.2, 0) is 23.0 Å². The summed E-state index contributed by atoms with van der Waals surface area (Å²) in [4.78, 5) is 1.71. The molecule has 0 atom stereocenters. The summed E-state index contributed by atoms with van der Waals surface area (Å²) >= 11 is 0. The molecule has 3 aromatic rings.